The molecule has 2 aromatic carbocycles. The van der Waals surface area contributed by atoms with E-state index in [2.05, 4.69) is 5.10 Å². The summed E-state index contributed by atoms with van der Waals surface area (Å²) in [6, 6.07) is 13.8. The SMILES string of the molecule is O=C(O)C1C(c2ccccc2)=NN(c2cccc(Cl)c2)C1C(=O)O. The summed E-state index contributed by atoms with van der Waals surface area (Å²) in [6.45, 7) is 0. The molecule has 122 valence electrons. The van der Waals surface area contributed by atoms with Gasteiger partial charge in [-0.1, -0.05) is 48.0 Å². The van der Waals surface area contributed by atoms with Gasteiger partial charge in [-0.2, -0.15) is 5.10 Å². The molecule has 0 aliphatic carbocycles. The monoisotopic (exact) mass is 344 g/mol. The van der Waals surface area contributed by atoms with Gasteiger partial charge < -0.3 is 10.2 Å². The number of nitrogens with zero attached hydrogens (tertiary/aromatic N) is 2. The number of rotatable bonds is 4. The molecule has 3 rings (SSSR count). The second-order valence-corrected chi connectivity index (χ2v) is 5.71. The van der Waals surface area contributed by atoms with Crippen LogP contribution >= 0.6 is 11.6 Å². The summed E-state index contributed by atoms with van der Waals surface area (Å²) in [5, 5.41) is 25.1. The Bertz CT molecular complexity index is 822. The molecule has 0 saturated heterocycles. The number of hydrazone groups is 1. The number of carboxylic acid groups (broad SMARTS) is 2. The smallest absolute Gasteiger partial charge is 0.329 e. The summed E-state index contributed by atoms with van der Waals surface area (Å²) in [5.74, 6) is -3.80. The Labute approximate surface area is 142 Å². The van der Waals surface area contributed by atoms with E-state index in [0.29, 0.717) is 16.3 Å². The maximum atomic E-state index is 11.8. The number of hydrogen-bond acceptors (Lipinski definition) is 4. The fourth-order valence-electron chi connectivity index (χ4n) is 2.71. The summed E-state index contributed by atoms with van der Waals surface area (Å²) in [4.78, 5) is 23.5. The molecule has 1 aliphatic heterocycles. The Morgan fingerprint density at radius 2 is 1.71 bits per heavy atom. The average Bonchev–Trinajstić information content (AvgIpc) is 2.96. The van der Waals surface area contributed by atoms with Crippen molar-refractivity contribution >= 4 is 34.9 Å². The minimum atomic E-state index is -1.35. The van der Waals surface area contributed by atoms with E-state index in [1.807, 2.05) is 0 Å². The van der Waals surface area contributed by atoms with Gasteiger partial charge in [-0.05, 0) is 23.8 Å². The fourth-order valence-corrected chi connectivity index (χ4v) is 2.90. The van der Waals surface area contributed by atoms with Crippen molar-refractivity contribution in [2.75, 3.05) is 5.01 Å². The molecule has 2 N–H and O–H groups in total. The molecule has 1 heterocycles. The maximum absolute atomic E-state index is 11.8. The van der Waals surface area contributed by atoms with Crippen LogP contribution in [0.4, 0.5) is 5.69 Å². The Kier molecular flexibility index (Phi) is 4.22. The third-order valence-corrected chi connectivity index (χ3v) is 3.99. The topological polar surface area (TPSA) is 90.2 Å². The third kappa shape index (κ3) is 2.83. The highest BCUT2D eigenvalue weighted by Crippen LogP contribution is 2.32. The molecular weight excluding hydrogens is 332 g/mol. The van der Waals surface area contributed by atoms with Gasteiger partial charge in [0.1, 0.15) is 5.92 Å². The van der Waals surface area contributed by atoms with E-state index in [4.69, 9.17) is 11.6 Å². The van der Waals surface area contributed by atoms with Gasteiger partial charge in [-0.15, -0.1) is 0 Å². The van der Waals surface area contributed by atoms with Gasteiger partial charge in [-0.25, -0.2) is 9.80 Å². The molecule has 0 saturated carbocycles. The molecule has 2 atom stereocenters. The van der Waals surface area contributed by atoms with Crippen molar-refractivity contribution in [3.05, 3.63) is 65.2 Å². The summed E-state index contributed by atoms with van der Waals surface area (Å²) in [7, 11) is 0. The predicted octanol–water partition coefficient (Wildman–Crippen LogP) is 2.72. The van der Waals surface area contributed by atoms with Crippen molar-refractivity contribution in [1.82, 2.24) is 0 Å². The lowest BCUT2D eigenvalue weighted by Gasteiger charge is -2.22. The molecule has 0 bridgehead atoms. The van der Waals surface area contributed by atoms with Crippen molar-refractivity contribution in [2.24, 2.45) is 11.0 Å². The largest absolute Gasteiger partial charge is 0.481 e. The van der Waals surface area contributed by atoms with Crippen LogP contribution in [0, 0.1) is 5.92 Å². The molecule has 0 spiro atoms. The third-order valence-electron chi connectivity index (χ3n) is 3.75. The molecule has 2 aromatic rings. The van der Waals surface area contributed by atoms with Crippen molar-refractivity contribution in [2.45, 2.75) is 6.04 Å². The normalized spacial score (nSPS) is 19.9. The molecule has 0 fully saturated rings. The van der Waals surface area contributed by atoms with E-state index in [-0.39, 0.29) is 5.71 Å². The zero-order valence-corrected chi connectivity index (χ0v) is 13.1. The van der Waals surface area contributed by atoms with E-state index in [1.54, 1.807) is 54.6 Å². The molecule has 0 aromatic heterocycles. The van der Waals surface area contributed by atoms with Gasteiger partial charge in [0.05, 0.1) is 11.4 Å². The van der Waals surface area contributed by atoms with Gasteiger partial charge in [0.25, 0.3) is 0 Å². The van der Waals surface area contributed by atoms with E-state index in [0.717, 1.165) is 0 Å². The molecule has 7 heteroatoms. The Hall–Kier alpha value is -2.86. The summed E-state index contributed by atoms with van der Waals surface area (Å²) >= 11 is 5.96. The van der Waals surface area contributed by atoms with Crippen molar-refractivity contribution in [1.29, 1.82) is 0 Å². The van der Waals surface area contributed by atoms with Gasteiger partial charge >= 0.3 is 11.9 Å². The molecule has 0 amide bonds. The van der Waals surface area contributed by atoms with Gasteiger partial charge in [0.15, 0.2) is 6.04 Å². The molecular formula is C17H13ClN2O4. The van der Waals surface area contributed by atoms with Crippen LogP contribution in [0.3, 0.4) is 0 Å². The lowest BCUT2D eigenvalue weighted by Crippen LogP contribution is -2.44. The van der Waals surface area contributed by atoms with Crippen LogP contribution < -0.4 is 5.01 Å². The van der Waals surface area contributed by atoms with E-state index < -0.39 is 23.9 Å². The molecule has 24 heavy (non-hydrogen) atoms. The number of anilines is 1. The zero-order valence-electron chi connectivity index (χ0n) is 12.3. The van der Waals surface area contributed by atoms with E-state index in [1.165, 1.54) is 5.01 Å². The molecule has 1 aliphatic rings. The first kappa shape index (κ1) is 16.0. The first-order valence-corrected chi connectivity index (χ1v) is 7.51. The summed E-state index contributed by atoms with van der Waals surface area (Å²) in [6.07, 6.45) is 0. The highest BCUT2D eigenvalue weighted by atomic mass is 35.5. The van der Waals surface area contributed by atoms with E-state index >= 15 is 0 Å². The highest BCUT2D eigenvalue weighted by molar-refractivity contribution is 6.30. The Morgan fingerprint density at radius 1 is 1.00 bits per heavy atom. The van der Waals surface area contributed by atoms with Crippen molar-refractivity contribution in [3.63, 3.8) is 0 Å². The lowest BCUT2D eigenvalue weighted by molar-refractivity contribution is -0.147. The predicted molar refractivity (Wildman–Crippen MR) is 89.5 cm³/mol. The first-order chi connectivity index (χ1) is 11.5. The van der Waals surface area contributed by atoms with Gasteiger partial charge in [0.2, 0.25) is 0 Å². The first-order valence-electron chi connectivity index (χ1n) is 7.13. The number of carboxylic acids is 2. The van der Waals surface area contributed by atoms with Crippen LogP contribution in [0.2, 0.25) is 5.02 Å². The molecule has 0 radical (unpaired) electrons. The Morgan fingerprint density at radius 3 is 2.29 bits per heavy atom. The number of hydrogen-bond donors (Lipinski definition) is 2. The summed E-state index contributed by atoms with van der Waals surface area (Å²) < 4.78 is 0. The summed E-state index contributed by atoms with van der Waals surface area (Å²) in [5.41, 5.74) is 1.20. The van der Waals surface area contributed by atoms with Crippen LogP contribution in [0.5, 0.6) is 0 Å². The van der Waals surface area contributed by atoms with Crippen molar-refractivity contribution < 1.29 is 19.8 Å². The average molecular weight is 345 g/mol. The lowest BCUT2D eigenvalue weighted by atomic mass is 9.91. The molecule has 6 nitrogen and oxygen atoms in total. The van der Waals surface area contributed by atoms with Gasteiger partial charge in [0, 0.05) is 5.02 Å². The maximum Gasteiger partial charge on any atom is 0.329 e. The second kappa shape index (κ2) is 6.33. The zero-order chi connectivity index (χ0) is 17.3. The Balaban J connectivity index is 2.14. The van der Waals surface area contributed by atoms with Crippen LogP contribution in [-0.4, -0.2) is 33.9 Å². The number of aliphatic carboxylic acids is 2. The van der Waals surface area contributed by atoms with Gasteiger partial charge in [-0.3, -0.25) is 4.79 Å². The quantitative estimate of drug-likeness (QED) is 0.890. The minimum absolute atomic E-state index is 0.204. The number of carbonyl (C=O) groups is 2. The van der Waals surface area contributed by atoms with Crippen LogP contribution in [0.25, 0.3) is 0 Å². The van der Waals surface area contributed by atoms with Crippen LogP contribution in [0.1, 0.15) is 5.56 Å². The second-order valence-electron chi connectivity index (χ2n) is 5.27. The number of benzene rings is 2. The fraction of sp³-hybridized carbons (Fsp3) is 0.118. The van der Waals surface area contributed by atoms with Crippen LogP contribution in [-0.2, 0) is 9.59 Å². The van der Waals surface area contributed by atoms with E-state index in [9.17, 15) is 19.8 Å². The highest BCUT2D eigenvalue weighted by Gasteiger charge is 2.47. The number of halogens is 1. The minimum Gasteiger partial charge on any atom is -0.481 e. The standard InChI is InChI=1S/C17H13ClN2O4/c18-11-7-4-8-12(9-11)20-15(17(23)24)13(16(21)22)14(19-20)10-5-2-1-3-6-10/h1-9,13,15H,(H,21,22)(H,23,24). The molecule has 2 unspecified atom stereocenters. The van der Waals surface area contributed by atoms with Crippen molar-refractivity contribution in [3.8, 4) is 0 Å². The van der Waals surface area contributed by atoms with Crippen LogP contribution in [0.15, 0.2) is 59.7 Å².